The number of nitrogens with one attached hydrogen (secondary N) is 1. The Labute approximate surface area is 122 Å². The van der Waals surface area contributed by atoms with E-state index in [4.69, 9.17) is 0 Å². The number of pyridine rings is 1. The highest BCUT2D eigenvalue weighted by atomic mass is 16.3. The van der Waals surface area contributed by atoms with Gasteiger partial charge in [-0.05, 0) is 37.0 Å². The van der Waals surface area contributed by atoms with Crippen LogP contribution in [0.3, 0.4) is 0 Å². The summed E-state index contributed by atoms with van der Waals surface area (Å²) in [6.45, 7) is 0.770. The van der Waals surface area contributed by atoms with Crippen molar-refractivity contribution in [3.8, 4) is 0 Å². The summed E-state index contributed by atoms with van der Waals surface area (Å²) in [5, 5.41) is 17.2. The maximum Gasteiger partial charge on any atom is 0.251 e. The molecular formula is C15H18N4O2. The summed E-state index contributed by atoms with van der Waals surface area (Å²) in [5.41, 5.74) is 0.563. The van der Waals surface area contributed by atoms with E-state index >= 15 is 0 Å². The zero-order valence-electron chi connectivity index (χ0n) is 11.6. The minimum Gasteiger partial charge on any atom is -0.391 e. The molecular weight excluding hydrogens is 268 g/mol. The SMILES string of the molecule is O=C(N[C@@H]1CC(Cn2cccn2)C[C@H]1O)c1ccncc1. The van der Waals surface area contributed by atoms with E-state index in [9.17, 15) is 9.90 Å². The van der Waals surface area contributed by atoms with Crippen LogP contribution in [0.2, 0.25) is 0 Å². The minimum atomic E-state index is -0.503. The average molecular weight is 286 g/mol. The molecule has 1 unspecified atom stereocenters. The lowest BCUT2D eigenvalue weighted by Crippen LogP contribution is -2.39. The molecule has 0 radical (unpaired) electrons. The van der Waals surface area contributed by atoms with Crippen LogP contribution in [0.4, 0.5) is 0 Å². The number of aliphatic hydroxyl groups excluding tert-OH is 1. The molecule has 1 aliphatic carbocycles. The van der Waals surface area contributed by atoms with E-state index < -0.39 is 6.10 Å². The van der Waals surface area contributed by atoms with E-state index in [2.05, 4.69) is 15.4 Å². The van der Waals surface area contributed by atoms with Gasteiger partial charge in [0.1, 0.15) is 0 Å². The van der Waals surface area contributed by atoms with Crippen molar-refractivity contribution in [1.29, 1.82) is 0 Å². The van der Waals surface area contributed by atoms with Gasteiger partial charge in [-0.25, -0.2) is 0 Å². The summed E-state index contributed by atoms with van der Waals surface area (Å²) in [6, 6.07) is 5.01. The Balaban J connectivity index is 1.58. The maximum absolute atomic E-state index is 12.1. The molecule has 6 nitrogen and oxygen atoms in total. The van der Waals surface area contributed by atoms with E-state index in [1.807, 2.05) is 16.9 Å². The molecule has 2 heterocycles. The van der Waals surface area contributed by atoms with Crippen molar-refractivity contribution < 1.29 is 9.90 Å². The molecule has 2 N–H and O–H groups in total. The van der Waals surface area contributed by atoms with Crippen molar-refractivity contribution in [2.75, 3.05) is 0 Å². The fraction of sp³-hybridized carbons (Fsp3) is 0.400. The van der Waals surface area contributed by atoms with E-state index in [1.165, 1.54) is 0 Å². The van der Waals surface area contributed by atoms with Crippen molar-refractivity contribution in [2.24, 2.45) is 5.92 Å². The third kappa shape index (κ3) is 3.28. The number of aliphatic hydroxyl groups is 1. The third-order valence-electron chi connectivity index (χ3n) is 3.89. The first-order chi connectivity index (χ1) is 10.2. The smallest absolute Gasteiger partial charge is 0.251 e. The molecule has 2 aromatic heterocycles. The molecule has 0 spiro atoms. The molecule has 1 saturated carbocycles. The summed E-state index contributed by atoms with van der Waals surface area (Å²) >= 11 is 0. The molecule has 0 aromatic carbocycles. The Morgan fingerprint density at radius 3 is 2.86 bits per heavy atom. The van der Waals surface area contributed by atoms with Crippen molar-refractivity contribution in [1.82, 2.24) is 20.1 Å². The van der Waals surface area contributed by atoms with E-state index in [0.717, 1.165) is 13.0 Å². The molecule has 1 fully saturated rings. The standard InChI is InChI=1S/C15H18N4O2/c20-14-9-11(10-19-7-1-4-17-19)8-13(14)18-15(21)12-2-5-16-6-3-12/h1-7,11,13-14,20H,8-10H2,(H,18,21)/t11?,13-,14-/m1/s1. The Morgan fingerprint density at radius 1 is 1.33 bits per heavy atom. The molecule has 21 heavy (non-hydrogen) atoms. The number of carbonyl (C=O) groups is 1. The molecule has 0 saturated heterocycles. The largest absolute Gasteiger partial charge is 0.391 e. The highest BCUT2D eigenvalue weighted by Gasteiger charge is 2.34. The van der Waals surface area contributed by atoms with Gasteiger partial charge in [-0.2, -0.15) is 5.10 Å². The van der Waals surface area contributed by atoms with E-state index in [0.29, 0.717) is 17.9 Å². The predicted molar refractivity (Wildman–Crippen MR) is 76.4 cm³/mol. The predicted octanol–water partition coefficient (Wildman–Crippen LogP) is 0.848. The van der Waals surface area contributed by atoms with Crippen LogP contribution in [0.15, 0.2) is 43.0 Å². The van der Waals surface area contributed by atoms with Gasteiger partial charge in [0.2, 0.25) is 0 Å². The fourth-order valence-electron chi connectivity index (χ4n) is 2.85. The second-order valence-electron chi connectivity index (χ2n) is 5.45. The number of nitrogens with zero attached hydrogens (tertiary/aromatic N) is 3. The number of aromatic nitrogens is 3. The van der Waals surface area contributed by atoms with Gasteiger partial charge in [-0.15, -0.1) is 0 Å². The zero-order chi connectivity index (χ0) is 14.7. The normalized spacial score (nSPS) is 24.9. The molecule has 1 aliphatic rings. The first-order valence-electron chi connectivity index (χ1n) is 7.09. The number of hydrogen-bond donors (Lipinski definition) is 2. The minimum absolute atomic E-state index is 0.166. The molecule has 0 aliphatic heterocycles. The van der Waals surface area contributed by atoms with Crippen molar-refractivity contribution in [3.63, 3.8) is 0 Å². The lowest BCUT2D eigenvalue weighted by atomic mass is 10.1. The van der Waals surface area contributed by atoms with Gasteiger partial charge in [-0.1, -0.05) is 0 Å². The summed E-state index contributed by atoms with van der Waals surface area (Å²) < 4.78 is 1.87. The number of hydrogen-bond acceptors (Lipinski definition) is 4. The molecule has 0 bridgehead atoms. The molecule has 1 amide bonds. The second kappa shape index (κ2) is 6.05. The maximum atomic E-state index is 12.1. The van der Waals surface area contributed by atoms with Gasteiger partial charge in [0.15, 0.2) is 0 Å². The van der Waals surface area contributed by atoms with Gasteiger partial charge < -0.3 is 10.4 Å². The van der Waals surface area contributed by atoms with Crippen LogP contribution in [0.25, 0.3) is 0 Å². The van der Waals surface area contributed by atoms with Crippen molar-refractivity contribution in [3.05, 3.63) is 48.5 Å². The van der Waals surface area contributed by atoms with Crippen LogP contribution in [0.1, 0.15) is 23.2 Å². The Bertz CT molecular complexity index is 585. The topological polar surface area (TPSA) is 80.0 Å². The number of carbonyl (C=O) groups excluding carboxylic acids is 1. The van der Waals surface area contributed by atoms with Gasteiger partial charge >= 0.3 is 0 Å². The first-order valence-corrected chi connectivity index (χ1v) is 7.09. The summed E-state index contributed by atoms with van der Waals surface area (Å²) in [7, 11) is 0. The summed E-state index contributed by atoms with van der Waals surface area (Å²) in [5.74, 6) is 0.156. The van der Waals surface area contributed by atoms with Gasteiger partial charge in [0.05, 0.1) is 12.1 Å². The number of amides is 1. The molecule has 2 aromatic rings. The molecule has 3 atom stereocenters. The fourth-order valence-corrected chi connectivity index (χ4v) is 2.85. The molecule has 110 valence electrons. The van der Waals surface area contributed by atoms with Crippen molar-refractivity contribution in [2.45, 2.75) is 31.5 Å². The summed E-state index contributed by atoms with van der Waals surface area (Å²) in [4.78, 5) is 16.0. The Morgan fingerprint density at radius 2 is 2.14 bits per heavy atom. The second-order valence-corrected chi connectivity index (χ2v) is 5.45. The van der Waals surface area contributed by atoms with Crippen LogP contribution >= 0.6 is 0 Å². The van der Waals surface area contributed by atoms with Crippen LogP contribution in [0.5, 0.6) is 0 Å². The average Bonchev–Trinajstić information content (AvgIpc) is 3.11. The molecule has 6 heteroatoms. The summed E-state index contributed by atoms with van der Waals surface area (Å²) in [6.07, 6.45) is 7.76. The Hall–Kier alpha value is -2.21. The quantitative estimate of drug-likeness (QED) is 0.873. The van der Waals surface area contributed by atoms with Gasteiger partial charge in [0, 0.05) is 36.9 Å². The number of rotatable bonds is 4. The van der Waals surface area contributed by atoms with Crippen LogP contribution in [-0.2, 0) is 6.54 Å². The van der Waals surface area contributed by atoms with Crippen LogP contribution in [0, 0.1) is 5.92 Å². The highest BCUT2D eigenvalue weighted by Crippen LogP contribution is 2.27. The monoisotopic (exact) mass is 286 g/mol. The lowest BCUT2D eigenvalue weighted by molar-refractivity contribution is 0.0872. The van der Waals surface area contributed by atoms with Gasteiger partial charge in [-0.3, -0.25) is 14.5 Å². The van der Waals surface area contributed by atoms with E-state index in [-0.39, 0.29) is 11.9 Å². The third-order valence-corrected chi connectivity index (χ3v) is 3.89. The first kappa shape index (κ1) is 13.8. The lowest BCUT2D eigenvalue weighted by Gasteiger charge is -2.16. The molecule has 3 rings (SSSR count). The van der Waals surface area contributed by atoms with Crippen LogP contribution in [-0.4, -0.2) is 37.9 Å². The van der Waals surface area contributed by atoms with Crippen molar-refractivity contribution >= 4 is 5.91 Å². The Kier molecular flexibility index (Phi) is 3.96. The van der Waals surface area contributed by atoms with Crippen LogP contribution < -0.4 is 5.32 Å². The highest BCUT2D eigenvalue weighted by molar-refractivity contribution is 5.94. The van der Waals surface area contributed by atoms with Gasteiger partial charge in [0.25, 0.3) is 5.91 Å². The van der Waals surface area contributed by atoms with E-state index in [1.54, 1.807) is 30.7 Å². The zero-order valence-corrected chi connectivity index (χ0v) is 11.6.